The molecular weight excluding hydrogens is 460 g/mol. The summed E-state index contributed by atoms with van der Waals surface area (Å²) >= 11 is 0. The number of carbonyl (C=O) groups excluding carboxylic acids is 4. The van der Waals surface area contributed by atoms with E-state index in [2.05, 4.69) is 16.7 Å². The van der Waals surface area contributed by atoms with Crippen LogP contribution in [-0.2, 0) is 14.5 Å². The first kappa shape index (κ1) is 26.3. The van der Waals surface area contributed by atoms with Crippen LogP contribution in [0.1, 0.15) is 80.5 Å². The second-order valence-corrected chi connectivity index (χ2v) is 8.16. The van der Waals surface area contributed by atoms with E-state index in [0.29, 0.717) is 18.4 Å². The monoisotopic (exact) mass is 488 g/mol. The molecule has 0 aliphatic heterocycles. The van der Waals surface area contributed by atoms with E-state index in [1.807, 2.05) is 0 Å². The highest BCUT2D eigenvalue weighted by Gasteiger charge is 2.26. The van der Waals surface area contributed by atoms with Gasteiger partial charge in [0, 0.05) is 5.56 Å². The van der Waals surface area contributed by atoms with E-state index < -0.39 is 29.8 Å². The molecule has 0 saturated heterocycles. The lowest BCUT2D eigenvalue weighted by atomic mass is 9.99. The normalized spacial score (nSPS) is 11.2. The van der Waals surface area contributed by atoms with Crippen LogP contribution in [-0.4, -0.2) is 29.8 Å². The lowest BCUT2D eigenvalue weighted by molar-refractivity contribution is -0.187. The summed E-state index contributed by atoms with van der Waals surface area (Å²) in [4.78, 5) is 59.7. The second kappa shape index (κ2) is 13.6. The summed E-state index contributed by atoms with van der Waals surface area (Å²) in [7, 11) is 0. The highest BCUT2D eigenvalue weighted by molar-refractivity contribution is 6.03. The van der Waals surface area contributed by atoms with Crippen molar-refractivity contribution in [3.05, 3.63) is 107 Å². The number of carbonyl (C=O) groups is 4. The van der Waals surface area contributed by atoms with Gasteiger partial charge in [0.1, 0.15) is 0 Å². The predicted octanol–water partition coefficient (Wildman–Crippen LogP) is 5.99. The minimum Gasteiger partial charge on any atom is -0.450 e. The Bertz CT molecular complexity index is 1170. The Kier molecular flexibility index (Phi) is 9.94. The molecule has 0 heterocycles. The van der Waals surface area contributed by atoms with Gasteiger partial charge in [-0.05, 0) is 49.2 Å². The summed E-state index contributed by atoms with van der Waals surface area (Å²) < 4.78 is 5.59. The summed E-state index contributed by atoms with van der Waals surface area (Å²) in [6.07, 6.45) is 3.02. The minimum absolute atomic E-state index is 0.0147. The first-order valence-corrected chi connectivity index (χ1v) is 11.9. The number of esters is 1. The predicted molar refractivity (Wildman–Crippen MR) is 132 cm³/mol. The van der Waals surface area contributed by atoms with E-state index in [9.17, 15) is 19.2 Å². The number of hydrogen-bond acceptors (Lipinski definition) is 7. The summed E-state index contributed by atoms with van der Waals surface area (Å²) in [5.41, 5.74) is 0.766. The molecule has 1 unspecified atom stereocenters. The summed E-state index contributed by atoms with van der Waals surface area (Å²) in [6.45, 7) is 2.08. The number of Topliss-reactive ketones (excluding diaryl/α,β-unsaturated/α-hetero) is 1. The molecule has 3 rings (SSSR count). The quantitative estimate of drug-likeness (QED) is 0.107. The molecule has 0 saturated carbocycles. The van der Waals surface area contributed by atoms with Crippen molar-refractivity contribution >= 4 is 23.7 Å². The Balaban J connectivity index is 1.69. The van der Waals surface area contributed by atoms with Crippen molar-refractivity contribution in [1.82, 2.24) is 0 Å². The fraction of sp³-hybridized carbons (Fsp3) is 0.241. The molecule has 3 aromatic rings. The minimum atomic E-state index is -1.00. The fourth-order valence-corrected chi connectivity index (χ4v) is 3.50. The SMILES string of the molecule is CCCCCCC(OC(=O)c1ccccc1)C(=O)c1cccc(C(=O)OOC(=O)c2ccccc2)c1. The van der Waals surface area contributed by atoms with Gasteiger partial charge in [0.05, 0.1) is 16.7 Å². The maximum absolute atomic E-state index is 13.3. The van der Waals surface area contributed by atoms with Crippen molar-refractivity contribution in [1.29, 1.82) is 0 Å². The number of rotatable bonds is 11. The van der Waals surface area contributed by atoms with Crippen molar-refractivity contribution in [2.24, 2.45) is 0 Å². The molecular formula is C29H28O7. The van der Waals surface area contributed by atoms with Crippen LogP contribution >= 0.6 is 0 Å². The first-order chi connectivity index (χ1) is 17.5. The Morgan fingerprint density at radius 3 is 1.75 bits per heavy atom. The van der Waals surface area contributed by atoms with Crippen LogP contribution in [0.4, 0.5) is 0 Å². The zero-order valence-corrected chi connectivity index (χ0v) is 20.1. The molecule has 0 amide bonds. The zero-order chi connectivity index (χ0) is 25.8. The van der Waals surface area contributed by atoms with Gasteiger partial charge in [-0.2, -0.15) is 0 Å². The lowest BCUT2D eigenvalue weighted by Gasteiger charge is -2.17. The largest absolute Gasteiger partial charge is 0.450 e. The Morgan fingerprint density at radius 2 is 1.14 bits per heavy atom. The number of ketones is 1. The van der Waals surface area contributed by atoms with Gasteiger partial charge in [0.2, 0.25) is 5.78 Å². The van der Waals surface area contributed by atoms with Gasteiger partial charge in [-0.1, -0.05) is 74.7 Å². The van der Waals surface area contributed by atoms with Crippen LogP contribution in [0.3, 0.4) is 0 Å². The average molecular weight is 489 g/mol. The van der Waals surface area contributed by atoms with Gasteiger partial charge in [-0.25, -0.2) is 24.2 Å². The van der Waals surface area contributed by atoms with Crippen LogP contribution < -0.4 is 0 Å². The Hall–Kier alpha value is -4.26. The number of ether oxygens (including phenoxy) is 1. The van der Waals surface area contributed by atoms with Crippen LogP contribution in [0.5, 0.6) is 0 Å². The molecule has 0 fully saturated rings. The Labute approximate surface area is 209 Å². The molecule has 0 spiro atoms. The van der Waals surface area contributed by atoms with Crippen LogP contribution in [0.25, 0.3) is 0 Å². The Morgan fingerprint density at radius 1 is 0.611 bits per heavy atom. The topological polar surface area (TPSA) is 96.0 Å². The van der Waals surface area contributed by atoms with Crippen LogP contribution in [0, 0.1) is 0 Å². The third kappa shape index (κ3) is 7.63. The zero-order valence-electron chi connectivity index (χ0n) is 20.1. The molecule has 0 N–H and O–H groups in total. The van der Waals surface area contributed by atoms with Crippen molar-refractivity contribution in [3.63, 3.8) is 0 Å². The molecule has 1 atom stereocenters. The molecule has 0 aromatic heterocycles. The van der Waals surface area contributed by atoms with Crippen molar-refractivity contribution < 1.29 is 33.7 Å². The molecule has 7 heteroatoms. The summed E-state index contributed by atoms with van der Waals surface area (Å²) in [5, 5.41) is 0. The van der Waals surface area contributed by atoms with E-state index >= 15 is 0 Å². The molecule has 0 radical (unpaired) electrons. The second-order valence-electron chi connectivity index (χ2n) is 8.16. The van der Waals surface area contributed by atoms with Crippen LogP contribution in [0.15, 0.2) is 84.9 Å². The number of hydrogen-bond donors (Lipinski definition) is 0. The smallest absolute Gasteiger partial charge is 0.386 e. The van der Waals surface area contributed by atoms with Gasteiger partial charge in [0.15, 0.2) is 6.10 Å². The van der Waals surface area contributed by atoms with E-state index in [1.54, 1.807) is 48.5 Å². The maximum Gasteiger partial charge on any atom is 0.386 e. The highest BCUT2D eigenvalue weighted by Crippen LogP contribution is 2.18. The maximum atomic E-state index is 13.3. The molecule has 36 heavy (non-hydrogen) atoms. The third-order valence-corrected chi connectivity index (χ3v) is 5.46. The standard InChI is InChI=1S/C29H28O7/c1-2-3-4-11-19-25(34-27(31)21-13-7-5-8-14-21)26(30)23-17-12-18-24(20-23)29(33)36-35-28(32)22-15-9-6-10-16-22/h5-10,12-18,20,25H,2-4,11,19H2,1H3. The molecule has 3 aromatic carbocycles. The molecule has 0 aliphatic rings. The van der Waals surface area contributed by atoms with Crippen molar-refractivity contribution in [2.45, 2.75) is 45.1 Å². The van der Waals surface area contributed by atoms with E-state index in [0.717, 1.165) is 19.3 Å². The van der Waals surface area contributed by atoms with Crippen molar-refractivity contribution in [3.8, 4) is 0 Å². The summed E-state index contributed by atoms with van der Waals surface area (Å²) in [6, 6.07) is 22.3. The van der Waals surface area contributed by atoms with Gasteiger partial charge in [0.25, 0.3) is 0 Å². The van der Waals surface area contributed by atoms with Gasteiger partial charge >= 0.3 is 17.9 Å². The van der Waals surface area contributed by atoms with E-state index in [1.165, 1.54) is 36.4 Å². The third-order valence-electron chi connectivity index (χ3n) is 5.46. The molecule has 186 valence electrons. The first-order valence-electron chi connectivity index (χ1n) is 11.9. The lowest BCUT2D eigenvalue weighted by Crippen LogP contribution is -2.28. The fourth-order valence-electron chi connectivity index (χ4n) is 3.50. The van der Waals surface area contributed by atoms with Gasteiger partial charge in [-0.3, -0.25) is 4.79 Å². The van der Waals surface area contributed by atoms with E-state index in [4.69, 9.17) is 4.74 Å². The molecule has 7 nitrogen and oxygen atoms in total. The average Bonchev–Trinajstić information content (AvgIpc) is 2.93. The van der Waals surface area contributed by atoms with Gasteiger partial charge in [-0.15, -0.1) is 0 Å². The molecule has 0 aliphatic carbocycles. The molecule has 0 bridgehead atoms. The van der Waals surface area contributed by atoms with Gasteiger partial charge < -0.3 is 4.74 Å². The highest BCUT2D eigenvalue weighted by atomic mass is 17.2. The number of unbranched alkanes of at least 4 members (excludes halogenated alkanes) is 3. The van der Waals surface area contributed by atoms with Crippen molar-refractivity contribution in [2.75, 3.05) is 0 Å². The number of benzene rings is 3. The summed E-state index contributed by atoms with van der Waals surface area (Å²) in [5.74, 6) is -2.77. The van der Waals surface area contributed by atoms with E-state index in [-0.39, 0.29) is 16.7 Å². The van der Waals surface area contributed by atoms with Crippen LogP contribution in [0.2, 0.25) is 0 Å².